The molecule has 1 aromatic heterocycles. The monoisotopic (exact) mass is 168 g/mol. The molecule has 1 fully saturated rings. The molecular weight excluding hydrogens is 156 g/mol. The van der Waals surface area contributed by atoms with E-state index in [0.29, 0.717) is 19.8 Å². The van der Waals surface area contributed by atoms with Crippen molar-refractivity contribution in [3.05, 3.63) is 18.0 Å². The minimum Gasteiger partial charge on any atom is -0.348 e. The number of ether oxygens (including phenoxy) is 2. The maximum Gasteiger partial charge on any atom is 0.177 e. The number of aryl methyl sites for hydroxylation is 1. The van der Waals surface area contributed by atoms with E-state index in [2.05, 4.69) is 5.10 Å². The van der Waals surface area contributed by atoms with E-state index in [1.807, 2.05) is 24.0 Å². The van der Waals surface area contributed by atoms with Gasteiger partial charge in [0.05, 0.1) is 26.0 Å². The quantitative estimate of drug-likeness (QED) is 0.647. The van der Waals surface area contributed by atoms with Crippen molar-refractivity contribution in [3.63, 3.8) is 0 Å². The van der Waals surface area contributed by atoms with Crippen LogP contribution in [0.25, 0.3) is 0 Å². The zero-order chi connectivity index (χ0) is 8.39. The molecule has 0 unspecified atom stereocenters. The van der Waals surface area contributed by atoms with Crippen molar-refractivity contribution in [1.82, 2.24) is 9.78 Å². The fourth-order valence-electron chi connectivity index (χ4n) is 1.23. The Morgan fingerprint density at radius 2 is 2.33 bits per heavy atom. The fourth-order valence-corrected chi connectivity index (χ4v) is 1.23. The van der Waals surface area contributed by atoms with E-state index >= 15 is 0 Å². The summed E-state index contributed by atoms with van der Waals surface area (Å²) < 4.78 is 12.4. The Kier molecular flexibility index (Phi) is 2.10. The summed E-state index contributed by atoms with van der Waals surface area (Å²) in [6, 6.07) is 0. The standard InChI is InChI=1S/C8H12N2O2/c1-7-4-9-10(5-7)6-8-11-2-3-12-8/h4-5,8H,2-3,6H2,1H3. The first-order valence-electron chi connectivity index (χ1n) is 4.07. The average Bonchev–Trinajstić information content (AvgIpc) is 2.63. The van der Waals surface area contributed by atoms with Gasteiger partial charge < -0.3 is 9.47 Å². The van der Waals surface area contributed by atoms with Crippen molar-refractivity contribution in [3.8, 4) is 0 Å². The molecule has 2 rings (SSSR count). The average molecular weight is 168 g/mol. The predicted octanol–water partition coefficient (Wildman–Crippen LogP) is 0.564. The van der Waals surface area contributed by atoms with E-state index in [0.717, 1.165) is 5.56 Å². The molecule has 1 aliphatic heterocycles. The van der Waals surface area contributed by atoms with Crippen LogP contribution in [0, 0.1) is 6.92 Å². The highest BCUT2D eigenvalue weighted by Crippen LogP contribution is 2.06. The Hall–Kier alpha value is -0.870. The van der Waals surface area contributed by atoms with Crippen LogP contribution in [-0.2, 0) is 16.0 Å². The Labute approximate surface area is 71.1 Å². The second-order valence-electron chi connectivity index (χ2n) is 2.91. The molecule has 1 aromatic rings. The lowest BCUT2D eigenvalue weighted by Gasteiger charge is -2.07. The highest BCUT2D eigenvalue weighted by atomic mass is 16.7. The van der Waals surface area contributed by atoms with Crippen LogP contribution in [0.2, 0.25) is 0 Å². The minimum absolute atomic E-state index is 0.107. The third kappa shape index (κ3) is 1.65. The van der Waals surface area contributed by atoms with Crippen molar-refractivity contribution >= 4 is 0 Å². The van der Waals surface area contributed by atoms with Crippen LogP contribution in [-0.4, -0.2) is 29.3 Å². The SMILES string of the molecule is Cc1cnn(CC2OCCO2)c1. The molecule has 4 heteroatoms. The molecule has 12 heavy (non-hydrogen) atoms. The number of hydrogen-bond acceptors (Lipinski definition) is 3. The summed E-state index contributed by atoms with van der Waals surface area (Å²) in [5, 5.41) is 4.14. The molecule has 0 aliphatic carbocycles. The van der Waals surface area contributed by atoms with Crippen LogP contribution >= 0.6 is 0 Å². The molecule has 4 nitrogen and oxygen atoms in total. The van der Waals surface area contributed by atoms with Gasteiger partial charge in [-0.3, -0.25) is 4.68 Å². The van der Waals surface area contributed by atoms with Gasteiger partial charge >= 0.3 is 0 Å². The normalized spacial score (nSPS) is 18.8. The minimum atomic E-state index is -0.107. The second kappa shape index (κ2) is 3.25. The van der Waals surface area contributed by atoms with E-state index < -0.39 is 0 Å². The number of aromatic nitrogens is 2. The summed E-state index contributed by atoms with van der Waals surface area (Å²) in [6.07, 6.45) is 3.70. The van der Waals surface area contributed by atoms with Crippen molar-refractivity contribution in [2.24, 2.45) is 0 Å². The van der Waals surface area contributed by atoms with Gasteiger partial charge in [0.25, 0.3) is 0 Å². The molecular formula is C8H12N2O2. The van der Waals surface area contributed by atoms with Gasteiger partial charge in [-0.2, -0.15) is 5.10 Å². The Morgan fingerprint density at radius 1 is 1.58 bits per heavy atom. The molecule has 0 aromatic carbocycles. The van der Waals surface area contributed by atoms with Crippen LogP contribution in [0.15, 0.2) is 12.4 Å². The van der Waals surface area contributed by atoms with Gasteiger partial charge in [0.1, 0.15) is 0 Å². The first-order valence-corrected chi connectivity index (χ1v) is 4.07. The van der Waals surface area contributed by atoms with Gasteiger partial charge in [-0.1, -0.05) is 0 Å². The van der Waals surface area contributed by atoms with Crippen LogP contribution in [0.1, 0.15) is 5.56 Å². The maximum atomic E-state index is 5.28. The molecule has 66 valence electrons. The molecule has 0 atom stereocenters. The number of nitrogens with zero attached hydrogens (tertiary/aromatic N) is 2. The van der Waals surface area contributed by atoms with Crippen LogP contribution in [0.4, 0.5) is 0 Å². The summed E-state index contributed by atoms with van der Waals surface area (Å²) in [5.41, 5.74) is 1.16. The lowest BCUT2D eigenvalue weighted by Crippen LogP contribution is -2.16. The van der Waals surface area contributed by atoms with Crippen LogP contribution in [0.3, 0.4) is 0 Å². The Morgan fingerprint density at radius 3 is 2.92 bits per heavy atom. The molecule has 0 amide bonds. The molecule has 2 heterocycles. The molecule has 0 N–H and O–H groups in total. The summed E-state index contributed by atoms with van der Waals surface area (Å²) in [5.74, 6) is 0. The molecule has 1 aliphatic rings. The largest absolute Gasteiger partial charge is 0.348 e. The van der Waals surface area contributed by atoms with E-state index in [1.54, 1.807) is 0 Å². The topological polar surface area (TPSA) is 36.3 Å². The van der Waals surface area contributed by atoms with Crippen molar-refractivity contribution < 1.29 is 9.47 Å². The first-order chi connectivity index (χ1) is 5.84. The highest BCUT2D eigenvalue weighted by Gasteiger charge is 2.16. The van der Waals surface area contributed by atoms with Gasteiger partial charge in [0.2, 0.25) is 0 Å². The summed E-state index contributed by atoms with van der Waals surface area (Å²) >= 11 is 0. The fraction of sp³-hybridized carbons (Fsp3) is 0.625. The van der Waals surface area contributed by atoms with E-state index in [-0.39, 0.29) is 6.29 Å². The highest BCUT2D eigenvalue weighted by molar-refractivity contribution is 4.99. The Balaban J connectivity index is 1.94. The van der Waals surface area contributed by atoms with Crippen molar-refractivity contribution in [1.29, 1.82) is 0 Å². The molecule has 0 spiro atoms. The van der Waals surface area contributed by atoms with Gasteiger partial charge in [0.15, 0.2) is 6.29 Å². The molecule has 0 saturated carbocycles. The summed E-state index contributed by atoms with van der Waals surface area (Å²) in [6.45, 7) is 4.10. The predicted molar refractivity (Wildman–Crippen MR) is 42.7 cm³/mol. The molecule has 0 radical (unpaired) electrons. The zero-order valence-corrected chi connectivity index (χ0v) is 7.06. The van der Waals surface area contributed by atoms with Crippen molar-refractivity contribution in [2.45, 2.75) is 19.8 Å². The summed E-state index contributed by atoms with van der Waals surface area (Å²) in [7, 11) is 0. The third-order valence-corrected chi connectivity index (χ3v) is 1.79. The van der Waals surface area contributed by atoms with E-state index in [9.17, 15) is 0 Å². The molecule has 1 saturated heterocycles. The van der Waals surface area contributed by atoms with Crippen LogP contribution < -0.4 is 0 Å². The van der Waals surface area contributed by atoms with Gasteiger partial charge in [0, 0.05) is 6.20 Å². The first kappa shape index (κ1) is 7.76. The van der Waals surface area contributed by atoms with Crippen LogP contribution in [0.5, 0.6) is 0 Å². The van der Waals surface area contributed by atoms with Gasteiger partial charge in [-0.25, -0.2) is 0 Å². The number of hydrogen-bond donors (Lipinski definition) is 0. The van der Waals surface area contributed by atoms with Gasteiger partial charge in [-0.15, -0.1) is 0 Å². The smallest absolute Gasteiger partial charge is 0.177 e. The molecule has 0 bridgehead atoms. The third-order valence-electron chi connectivity index (χ3n) is 1.79. The lowest BCUT2D eigenvalue weighted by molar-refractivity contribution is -0.0545. The lowest BCUT2D eigenvalue weighted by atomic mass is 10.4. The van der Waals surface area contributed by atoms with E-state index in [1.165, 1.54) is 0 Å². The number of rotatable bonds is 2. The zero-order valence-electron chi connectivity index (χ0n) is 7.06. The maximum absolute atomic E-state index is 5.28. The Bertz CT molecular complexity index is 253. The van der Waals surface area contributed by atoms with Gasteiger partial charge in [-0.05, 0) is 12.5 Å². The summed E-state index contributed by atoms with van der Waals surface area (Å²) in [4.78, 5) is 0. The van der Waals surface area contributed by atoms with Crippen molar-refractivity contribution in [2.75, 3.05) is 13.2 Å². The second-order valence-corrected chi connectivity index (χ2v) is 2.91. The van der Waals surface area contributed by atoms with E-state index in [4.69, 9.17) is 9.47 Å².